The zero-order valence-corrected chi connectivity index (χ0v) is 41.0. The van der Waals surface area contributed by atoms with Gasteiger partial charge in [0.05, 0.1) is 51.9 Å². The van der Waals surface area contributed by atoms with Gasteiger partial charge in [-0.05, 0) is 145 Å². The van der Waals surface area contributed by atoms with Crippen molar-refractivity contribution >= 4 is 27.7 Å². The predicted octanol–water partition coefficient (Wildman–Crippen LogP) is 8.34. The minimum atomic E-state index is -0.891. The number of fused-ring (bicyclic) bond motifs is 4. The Hall–Kier alpha value is -6.92. The molecule has 1 spiro atoms. The van der Waals surface area contributed by atoms with Gasteiger partial charge in [0.2, 0.25) is 0 Å². The standard InChI is InChI=1S/C53H56F2N10O6/c1-9-69-36-24-52(25-36)27-63(47(66)41-21-34-20-32(33-14-17-70-51(6,7)23-33)10-11-38(34)64(41)53(22-30(53)4)48-57-49(67)71-59-48)31(5)42-45(52)58-65(35-18-28(2)43(54)29(3)19-35)46(42)62-16-15-61(50(62)68)40-13-12-39-37(44(40)55)26-56-60(39)8/h10-13,15-16,18-21,26,30-31,33,36H,9,14,17,22-25,27H2,1-8H3,(H,57,59,67)/t30-,31-,33-,36?,52?,53-/m0/s1. The number of aryl methyl sites for hydroxylation is 3. The van der Waals surface area contributed by atoms with Crippen molar-refractivity contribution in [2.45, 2.75) is 115 Å². The first-order valence-corrected chi connectivity index (χ1v) is 24.5. The van der Waals surface area contributed by atoms with Gasteiger partial charge < -0.3 is 18.9 Å². The molecule has 2 aliphatic heterocycles. The number of hydrogen-bond acceptors (Lipinski definition) is 9. The Labute approximate surface area is 406 Å². The highest BCUT2D eigenvalue weighted by molar-refractivity contribution is 6.00. The third-order valence-electron chi connectivity index (χ3n) is 16.2. The summed E-state index contributed by atoms with van der Waals surface area (Å²) in [5, 5.41) is 15.0. The van der Waals surface area contributed by atoms with Crippen molar-refractivity contribution in [3.05, 3.63) is 139 Å². The summed E-state index contributed by atoms with van der Waals surface area (Å²) in [6, 6.07) is 14.3. The number of aromatic amines is 1. The molecule has 4 atom stereocenters. The highest BCUT2D eigenvalue weighted by atomic mass is 19.1. The zero-order chi connectivity index (χ0) is 49.6. The molecule has 1 N–H and O–H groups in total. The number of aromatic nitrogens is 9. The molecule has 1 amide bonds. The van der Waals surface area contributed by atoms with E-state index in [-0.39, 0.29) is 52.9 Å². The molecule has 3 fully saturated rings. The first-order chi connectivity index (χ1) is 33.9. The van der Waals surface area contributed by atoms with E-state index in [1.807, 2.05) is 29.4 Å². The number of carbonyl (C=O) groups excluding carboxylic acids is 1. The number of nitrogens with zero attached hydrogens (tertiary/aromatic N) is 9. The van der Waals surface area contributed by atoms with Gasteiger partial charge in [0.15, 0.2) is 11.6 Å². The van der Waals surface area contributed by atoms with Crippen molar-refractivity contribution in [2.24, 2.45) is 13.0 Å². The molecule has 0 unspecified atom stereocenters. The average Bonchev–Trinajstić information content (AvgIpc) is 3.96. The zero-order valence-electron chi connectivity index (χ0n) is 41.0. The summed E-state index contributed by atoms with van der Waals surface area (Å²) < 4.78 is 57.2. The molecule has 0 bridgehead atoms. The van der Waals surface area contributed by atoms with E-state index >= 15 is 18.4 Å². The van der Waals surface area contributed by atoms with Crippen molar-refractivity contribution in [3.8, 4) is 17.2 Å². The lowest BCUT2D eigenvalue weighted by atomic mass is 9.61. The fourth-order valence-electron chi connectivity index (χ4n) is 12.5. The quantitative estimate of drug-likeness (QED) is 0.150. The van der Waals surface area contributed by atoms with E-state index in [2.05, 4.69) is 54.2 Å². The molecule has 71 heavy (non-hydrogen) atoms. The Morgan fingerprint density at radius 2 is 1.68 bits per heavy atom. The Morgan fingerprint density at radius 3 is 2.37 bits per heavy atom. The molecule has 16 nitrogen and oxygen atoms in total. The molecular formula is C53H56F2N10O6. The molecular weight excluding hydrogens is 911 g/mol. The number of amides is 1. The van der Waals surface area contributed by atoms with Gasteiger partial charge >= 0.3 is 11.4 Å². The summed E-state index contributed by atoms with van der Waals surface area (Å²) in [5.41, 5.74) is 3.17. The second-order valence-corrected chi connectivity index (χ2v) is 21.1. The molecule has 8 aromatic rings. The number of carbonyl (C=O) groups is 1. The van der Waals surface area contributed by atoms with Gasteiger partial charge in [0.1, 0.15) is 22.9 Å². The van der Waals surface area contributed by atoms with Crippen molar-refractivity contribution in [1.82, 2.24) is 48.3 Å². The number of ether oxygens (including phenoxy) is 2. The molecule has 2 saturated carbocycles. The number of benzene rings is 3. The average molecular weight is 967 g/mol. The van der Waals surface area contributed by atoms with Crippen molar-refractivity contribution < 1.29 is 27.6 Å². The largest absolute Gasteiger partial charge is 0.438 e. The minimum absolute atomic E-state index is 0.0243. The first kappa shape index (κ1) is 45.2. The van der Waals surface area contributed by atoms with E-state index in [1.54, 1.807) is 60.7 Å². The molecule has 1 saturated heterocycles. The number of imidazole rings is 1. The fraction of sp³-hybridized carbons (Fsp3) is 0.434. The summed E-state index contributed by atoms with van der Waals surface area (Å²) in [5.74, 6) is -0.984. The number of halogens is 2. The van der Waals surface area contributed by atoms with Crippen molar-refractivity contribution in [1.29, 1.82) is 0 Å². The number of nitrogens with one attached hydrogen (secondary N) is 1. The van der Waals surface area contributed by atoms with Gasteiger partial charge in [-0.2, -0.15) is 10.2 Å². The lowest BCUT2D eigenvalue weighted by molar-refractivity contribution is -0.0594. The van der Waals surface area contributed by atoms with Crippen LogP contribution < -0.4 is 11.4 Å². The molecule has 18 heteroatoms. The summed E-state index contributed by atoms with van der Waals surface area (Å²) in [6.45, 7) is 15.0. The van der Waals surface area contributed by atoms with Crippen LogP contribution in [0.3, 0.4) is 0 Å². The maximum absolute atomic E-state index is 16.4. The molecule has 7 heterocycles. The van der Waals surface area contributed by atoms with Gasteiger partial charge in [-0.1, -0.05) is 18.1 Å². The summed E-state index contributed by atoms with van der Waals surface area (Å²) in [6.07, 6.45) is 7.83. The lowest BCUT2D eigenvalue weighted by Gasteiger charge is -2.53. The van der Waals surface area contributed by atoms with Crippen LogP contribution in [0, 0.1) is 31.4 Å². The van der Waals surface area contributed by atoms with Crippen LogP contribution in [0.2, 0.25) is 0 Å². The second kappa shape index (κ2) is 15.8. The highest BCUT2D eigenvalue weighted by Gasteiger charge is 2.60. The van der Waals surface area contributed by atoms with E-state index in [4.69, 9.17) is 19.1 Å². The van der Waals surface area contributed by atoms with Crippen LogP contribution in [0.1, 0.15) is 123 Å². The third kappa shape index (κ3) is 6.72. The maximum Gasteiger partial charge on any atom is 0.438 e. The SMILES string of the molecule is CCOC1CC2(C1)CN(C(=O)c1cc3cc([C@H]4CCOC(C)(C)C4)ccc3n1[C@@]1(c3noc(=O)[nH]3)C[C@@H]1C)[C@@H](C)c1c2nn(-c2cc(C)c(F)c(C)c2)c1-n1ccn(-c2ccc3c(cnn3C)c2F)c1=O. The monoisotopic (exact) mass is 966 g/mol. The Morgan fingerprint density at radius 1 is 0.944 bits per heavy atom. The van der Waals surface area contributed by atoms with E-state index in [0.29, 0.717) is 83.4 Å². The van der Waals surface area contributed by atoms with Gasteiger partial charge in [0.25, 0.3) is 5.91 Å². The predicted molar refractivity (Wildman–Crippen MR) is 260 cm³/mol. The van der Waals surface area contributed by atoms with E-state index in [0.717, 1.165) is 29.3 Å². The van der Waals surface area contributed by atoms with Gasteiger partial charge in [-0.15, -0.1) is 0 Å². The molecule has 368 valence electrons. The first-order valence-electron chi connectivity index (χ1n) is 24.5. The normalized spacial score (nSPS) is 24.8. The second-order valence-electron chi connectivity index (χ2n) is 21.1. The number of rotatable bonds is 9. The Bertz CT molecular complexity index is 3600. The number of H-pyrrole nitrogens is 1. The van der Waals surface area contributed by atoms with Crippen molar-refractivity contribution in [2.75, 3.05) is 19.8 Å². The summed E-state index contributed by atoms with van der Waals surface area (Å²) >= 11 is 0. The number of hydrogen-bond donors (Lipinski definition) is 1. The van der Waals surface area contributed by atoms with Crippen molar-refractivity contribution in [3.63, 3.8) is 0 Å². The van der Waals surface area contributed by atoms with E-state index in [9.17, 15) is 4.79 Å². The van der Waals surface area contributed by atoms with Crippen LogP contribution in [-0.2, 0) is 27.5 Å². The smallest absolute Gasteiger partial charge is 0.378 e. The molecule has 5 aromatic heterocycles. The van der Waals surface area contributed by atoms with Crippen LogP contribution in [0.15, 0.2) is 81.2 Å². The van der Waals surface area contributed by atoms with Gasteiger partial charge in [-0.25, -0.2) is 23.1 Å². The molecule has 2 aliphatic carbocycles. The van der Waals surface area contributed by atoms with Crippen LogP contribution in [0.4, 0.5) is 8.78 Å². The van der Waals surface area contributed by atoms with Crippen LogP contribution in [0.25, 0.3) is 39.0 Å². The summed E-state index contributed by atoms with van der Waals surface area (Å²) in [4.78, 5) is 48.5. The van der Waals surface area contributed by atoms with Crippen LogP contribution >= 0.6 is 0 Å². The lowest BCUT2D eigenvalue weighted by Crippen LogP contribution is -2.58. The Balaban J connectivity index is 1.06. The van der Waals surface area contributed by atoms with Crippen LogP contribution in [0.5, 0.6) is 0 Å². The molecule has 12 rings (SSSR count). The summed E-state index contributed by atoms with van der Waals surface area (Å²) in [7, 11) is 1.72. The van der Waals surface area contributed by atoms with Gasteiger partial charge in [0, 0.05) is 61.1 Å². The maximum atomic E-state index is 16.4. The highest BCUT2D eigenvalue weighted by Crippen LogP contribution is 2.57. The van der Waals surface area contributed by atoms with Crippen LogP contribution in [-0.4, -0.2) is 85.7 Å². The minimum Gasteiger partial charge on any atom is -0.378 e. The topological polar surface area (TPSA) is 165 Å². The van der Waals surface area contributed by atoms with E-state index < -0.39 is 34.3 Å². The van der Waals surface area contributed by atoms with Gasteiger partial charge in [-0.3, -0.25) is 28.1 Å². The third-order valence-corrected chi connectivity index (χ3v) is 16.2. The van der Waals surface area contributed by atoms with E-state index in [1.165, 1.54) is 21.5 Å². The molecule has 3 aromatic carbocycles. The Kier molecular flexibility index (Phi) is 10.1. The fourth-order valence-corrected chi connectivity index (χ4v) is 12.5. The molecule has 4 aliphatic rings. The molecule has 0 radical (unpaired) electrons.